The quantitative estimate of drug-likeness (QED) is 0.595. The minimum absolute atomic E-state index is 0.467. The van der Waals surface area contributed by atoms with Crippen LogP contribution < -0.4 is 5.32 Å². The Morgan fingerprint density at radius 1 is 1.33 bits per heavy atom. The van der Waals surface area contributed by atoms with Crippen molar-refractivity contribution >= 4 is 34.8 Å². The van der Waals surface area contributed by atoms with Gasteiger partial charge in [-0.25, -0.2) is 14.6 Å². The van der Waals surface area contributed by atoms with Crippen LogP contribution in [0.3, 0.4) is 0 Å². The fraction of sp³-hybridized carbons (Fsp3) is 0.562. The third kappa shape index (κ3) is 13.6. The Kier molecular flexibility index (Phi) is 10.4. The summed E-state index contributed by atoms with van der Waals surface area (Å²) in [6, 6.07) is 0. The monoisotopic (exact) mass is 358 g/mol. The maximum atomic E-state index is 11.6. The van der Waals surface area contributed by atoms with Crippen molar-refractivity contribution in [3.05, 3.63) is 17.2 Å². The molecule has 3 N–H and O–H groups in total. The number of amides is 1. The second-order valence-corrected chi connectivity index (χ2v) is 6.74. The smallest absolute Gasteiger partial charge is 0.450 e. The number of rotatable bonds is 6. The molecule has 1 amide bonds. The summed E-state index contributed by atoms with van der Waals surface area (Å²) in [6.45, 7) is 7.69. The number of carbonyl (C=O) groups is 2. The molecule has 0 spiro atoms. The first-order chi connectivity index (χ1) is 11.1. The lowest BCUT2D eigenvalue weighted by molar-refractivity contribution is 0.0635. The Morgan fingerprint density at radius 2 is 1.96 bits per heavy atom. The van der Waals surface area contributed by atoms with Crippen molar-refractivity contribution in [2.45, 2.75) is 59.0 Å². The van der Waals surface area contributed by atoms with Crippen LogP contribution in [0.25, 0.3) is 6.08 Å². The zero-order valence-electron chi connectivity index (χ0n) is 14.5. The molecule has 0 aliphatic heterocycles. The molecule has 136 valence electrons. The van der Waals surface area contributed by atoms with E-state index in [-0.39, 0.29) is 0 Å². The fourth-order valence-electron chi connectivity index (χ4n) is 1.53. The highest BCUT2D eigenvalue weighted by atomic mass is 32.1. The van der Waals surface area contributed by atoms with E-state index < -0.39 is 17.8 Å². The number of carbonyl (C=O) groups excluding carboxylic acids is 1. The molecule has 0 saturated heterocycles. The van der Waals surface area contributed by atoms with Gasteiger partial charge in [0, 0.05) is 5.38 Å². The number of aromatic nitrogens is 1. The summed E-state index contributed by atoms with van der Waals surface area (Å²) < 4.78 is 5.17. The molecule has 0 radical (unpaired) electrons. The van der Waals surface area contributed by atoms with Crippen LogP contribution in [0.5, 0.6) is 0 Å². The van der Waals surface area contributed by atoms with Crippen molar-refractivity contribution in [3.8, 4) is 0 Å². The second kappa shape index (κ2) is 11.4. The van der Waals surface area contributed by atoms with Crippen LogP contribution >= 0.6 is 11.3 Å². The van der Waals surface area contributed by atoms with Gasteiger partial charge in [0.2, 0.25) is 0 Å². The van der Waals surface area contributed by atoms with Gasteiger partial charge in [-0.15, -0.1) is 11.3 Å². The molecule has 1 heterocycles. The minimum Gasteiger partial charge on any atom is -0.450 e. The van der Waals surface area contributed by atoms with Crippen molar-refractivity contribution in [3.63, 3.8) is 0 Å². The topological polar surface area (TPSA) is 109 Å². The first-order valence-electron chi connectivity index (χ1n) is 7.68. The Balaban J connectivity index is 0.00000118. The number of nitrogens with zero attached hydrogens (tertiary/aromatic N) is 1. The van der Waals surface area contributed by atoms with Crippen LogP contribution in [-0.4, -0.2) is 33.0 Å². The Hall–Kier alpha value is -2.09. The molecule has 0 aliphatic carbocycles. The van der Waals surface area contributed by atoms with Gasteiger partial charge in [0.15, 0.2) is 5.13 Å². The predicted molar refractivity (Wildman–Crippen MR) is 95.8 cm³/mol. The van der Waals surface area contributed by atoms with Crippen LogP contribution in [0, 0.1) is 0 Å². The van der Waals surface area contributed by atoms with Crippen molar-refractivity contribution in [2.24, 2.45) is 0 Å². The Bertz CT molecular complexity index is 531. The molecule has 0 unspecified atom stereocenters. The highest BCUT2D eigenvalue weighted by Crippen LogP contribution is 2.18. The van der Waals surface area contributed by atoms with Crippen molar-refractivity contribution in [1.82, 2.24) is 4.98 Å². The normalized spacial score (nSPS) is 10.8. The van der Waals surface area contributed by atoms with Gasteiger partial charge >= 0.3 is 12.2 Å². The van der Waals surface area contributed by atoms with Gasteiger partial charge in [-0.1, -0.05) is 25.8 Å². The molecule has 1 aromatic heterocycles. The average molecular weight is 358 g/mol. The summed E-state index contributed by atoms with van der Waals surface area (Å²) in [4.78, 5) is 24.5. The molecule has 7 nitrogen and oxygen atoms in total. The lowest BCUT2D eigenvalue weighted by Crippen LogP contribution is -2.27. The van der Waals surface area contributed by atoms with E-state index in [1.54, 1.807) is 0 Å². The Labute approximate surface area is 146 Å². The van der Waals surface area contributed by atoms with Gasteiger partial charge < -0.3 is 14.9 Å². The molecule has 0 saturated carbocycles. The van der Waals surface area contributed by atoms with E-state index in [9.17, 15) is 4.79 Å². The zero-order valence-corrected chi connectivity index (χ0v) is 15.4. The van der Waals surface area contributed by atoms with E-state index in [4.69, 9.17) is 19.7 Å². The number of anilines is 1. The molecule has 0 bridgehead atoms. The van der Waals surface area contributed by atoms with E-state index in [1.807, 2.05) is 32.2 Å². The van der Waals surface area contributed by atoms with Crippen LogP contribution in [0.4, 0.5) is 14.7 Å². The van der Waals surface area contributed by atoms with Crippen LogP contribution in [-0.2, 0) is 4.74 Å². The number of thiazole rings is 1. The first-order valence-corrected chi connectivity index (χ1v) is 8.56. The molecule has 0 aromatic carbocycles. The van der Waals surface area contributed by atoms with Crippen molar-refractivity contribution < 1.29 is 24.5 Å². The fourth-order valence-corrected chi connectivity index (χ4v) is 2.19. The van der Waals surface area contributed by atoms with E-state index >= 15 is 0 Å². The summed E-state index contributed by atoms with van der Waals surface area (Å²) >= 11 is 1.40. The average Bonchev–Trinajstić information content (AvgIpc) is 2.83. The van der Waals surface area contributed by atoms with Gasteiger partial charge in [-0.05, 0) is 39.7 Å². The number of allylic oxidation sites excluding steroid dienone is 1. The van der Waals surface area contributed by atoms with Gasteiger partial charge in [-0.2, -0.15) is 0 Å². The van der Waals surface area contributed by atoms with Crippen LogP contribution in [0.1, 0.15) is 59.1 Å². The highest BCUT2D eigenvalue weighted by Gasteiger charge is 2.16. The molecular formula is C16H26N2O5S. The number of nitrogens with one attached hydrogen (secondary N) is 1. The van der Waals surface area contributed by atoms with Crippen LogP contribution in [0.15, 0.2) is 11.5 Å². The number of hydrogen-bond donors (Lipinski definition) is 3. The SMILES string of the molecule is CCCCC/C=C\c1csc(NC(=O)OC(C)(C)C)n1.O=C(O)O. The number of carboxylic acid groups (broad SMARTS) is 2. The molecule has 24 heavy (non-hydrogen) atoms. The van der Waals surface area contributed by atoms with E-state index in [0.717, 1.165) is 12.1 Å². The third-order valence-corrected chi connectivity index (χ3v) is 3.17. The van der Waals surface area contributed by atoms with Gasteiger partial charge in [0.1, 0.15) is 5.60 Å². The first kappa shape index (κ1) is 21.9. The molecule has 8 heteroatoms. The molecular weight excluding hydrogens is 332 g/mol. The van der Waals surface area contributed by atoms with Crippen molar-refractivity contribution in [2.75, 3.05) is 5.32 Å². The summed E-state index contributed by atoms with van der Waals surface area (Å²) in [5.41, 5.74) is 0.376. The van der Waals surface area contributed by atoms with E-state index in [0.29, 0.717) is 5.13 Å². The maximum absolute atomic E-state index is 11.6. The summed E-state index contributed by atoms with van der Waals surface area (Å²) in [6.07, 6.45) is 6.58. The lowest BCUT2D eigenvalue weighted by Gasteiger charge is -2.18. The summed E-state index contributed by atoms with van der Waals surface area (Å²) in [7, 11) is 0. The highest BCUT2D eigenvalue weighted by molar-refractivity contribution is 7.14. The van der Waals surface area contributed by atoms with Gasteiger partial charge in [0.25, 0.3) is 0 Å². The third-order valence-electron chi connectivity index (χ3n) is 2.39. The molecule has 0 atom stereocenters. The molecule has 1 aromatic rings. The molecule has 0 fully saturated rings. The Morgan fingerprint density at radius 3 is 2.50 bits per heavy atom. The van der Waals surface area contributed by atoms with Gasteiger partial charge in [0.05, 0.1) is 5.69 Å². The van der Waals surface area contributed by atoms with Crippen molar-refractivity contribution in [1.29, 1.82) is 0 Å². The standard InChI is InChI=1S/C15H24N2O2S.CH2O3/c1-5-6-7-8-9-10-12-11-20-13(16-12)17-14(18)19-15(2,3)4;2-1(3)4/h9-11H,5-8H2,1-4H3,(H,16,17,18);(H2,2,3,4)/b10-9-;. The van der Waals surface area contributed by atoms with E-state index in [2.05, 4.69) is 23.3 Å². The molecule has 0 aliphatic rings. The maximum Gasteiger partial charge on any atom is 0.503 e. The zero-order chi connectivity index (χ0) is 18.6. The van der Waals surface area contributed by atoms with E-state index in [1.165, 1.54) is 30.6 Å². The van der Waals surface area contributed by atoms with Crippen LogP contribution in [0.2, 0.25) is 0 Å². The number of ether oxygens (including phenoxy) is 1. The molecule has 1 rings (SSSR count). The number of unbranched alkanes of at least 4 members (excludes halogenated alkanes) is 3. The minimum atomic E-state index is -1.83. The summed E-state index contributed by atoms with van der Waals surface area (Å²) in [5, 5.41) is 19.1. The lowest BCUT2D eigenvalue weighted by atomic mass is 10.2. The summed E-state index contributed by atoms with van der Waals surface area (Å²) in [5.74, 6) is 0. The largest absolute Gasteiger partial charge is 0.503 e. The number of hydrogen-bond acceptors (Lipinski definition) is 5. The second-order valence-electron chi connectivity index (χ2n) is 5.89. The van der Waals surface area contributed by atoms with Gasteiger partial charge in [-0.3, -0.25) is 5.32 Å². The predicted octanol–water partition coefficient (Wildman–Crippen LogP) is 5.31.